The van der Waals surface area contributed by atoms with E-state index in [4.69, 9.17) is 10.5 Å². The molecule has 0 bridgehead atoms. The van der Waals surface area contributed by atoms with Crippen molar-refractivity contribution in [3.05, 3.63) is 35.5 Å². The number of amides is 1. The van der Waals surface area contributed by atoms with Crippen LogP contribution in [0, 0.1) is 0 Å². The van der Waals surface area contributed by atoms with Crippen LogP contribution in [0.5, 0.6) is 5.75 Å². The summed E-state index contributed by atoms with van der Waals surface area (Å²) in [5.41, 5.74) is 7.56. The zero-order chi connectivity index (χ0) is 15.6. The van der Waals surface area contributed by atoms with Gasteiger partial charge < -0.3 is 15.8 Å². The second kappa shape index (κ2) is 5.47. The molecule has 0 saturated heterocycles. The first-order valence-corrected chi connectivity index (χ1v) is 6.62. The number of methoxy groups -OCH3 is 1. The Morgan fingerprint density at radius 3 is 2.57 bits per heavy atom. The van der Waals surface area contributed by atoms with Crippen molar-refractivity contribution in [2.24, 2.45) is 0 Å². The number of nitrogens with zero attached hydrogens (tertiary/aromatic N) is 1. The molecule has 0 aliphatic carbocycles. The molecule has 0 fully saturated rings. The van der Waals surface area contributed by atoms with E-state index in [1.807, 2.05) is 6.07 Å². The van der Waals surface area contributed by atoms with Crippen LogP contribution >= 0.6 is 0 Å². The Kier molecular flexibility index (Phi) is 3.88. The maximum absolute atomic E-state index is 12.2. The first kappa shape index (κ1) is 14.9. The predicted octanol–water partition coefficient (Wildman–Crippen LogP) is 2.55. The van der Waals surface area contributed by atoms with Crippen LogP contribution < -0.4 is 15.8 Å². The Labute approximate surface area is 123 Å². The van der Waals surface area contributed by atoms with Crippen LogP contribution in [0.1, 0.15) is 36.8 Å². The molecule has 2 rings (SSSR count). The van der Waals surface area contributed by atoms with Crippen LogP contribution in [0.2, 0.25) is 0 Å². The van der Waals surface area contributed by atoms with Crippen LogP contribution in [0.4, 0.5) is 11.5 Å². The molecule has 0 aliphatic heterocycles. The smallest absolute Gasteiger partial charge is 0.256 e. The summed E-state index contributed by atoms with van der Waals surface area (Å²) in [6.45, 7) is 6.20. The Balaban J connectivity index is 2.14. The molecule has 21 heavy (non-hydrogen) atoms. The standard InChI is InChI=1S/C15H20N4O2/c1-15(2,3)12-8-13(19-18-12)17-14(20)9-5-6-11(21-4)10(16)7-9/h5-8H,16H2,1-4H3,(H2,17,18,19,20). The van der Waals surface area contributed by atoms with E-state index in [9.17, 15) is 4.79 Å². The number of hydrogen-bond acceptors (Lipinski definition) is 4. The number of benzene rings is 1. The summed E-state index contributed by atoms with van der Waals surface area (Å²) in [6.07, 6.45) is 0. The lowest BCUT2D eigenvalue weighted by atomic mass is 9.92. The maximum Gasteiger partial charge on any atom is 0.256 e. The number of aromatic nitrogens is 2. The van der Waals surface area contributed by atoms with Crippen molar-refractivity contribution in [2.75, 3.05) is 18.2 Å². The molecule has 0 atom stereocenters. The van der Waals surface area contributed by atoms with Gasteiger partial charge in [0.2, 0.25) is 0 Å². The van der Waals surface area contributed by atoms with Gasteiger partial charge in [-0.05, 0) is 18.2 Å². The minimum atomic E-state index is -0.267. The summed E-state index contributed by atoms with van der Waals surface area (Å²) in [5, 5.41) is 9.75. The van der Waals surface area contributed by atoms with Gasteiger partial charge >= 0.3 is 0 Å². The first-order valence-electron chi connectivity index (χ1n) is 6.62. The lowest BCUT2D eigenvalue weighted by Crippen LogP contribution is -2.13. The van der Waals surface area contributed by atoms with Gasteiger partial charge in [0, 0.05) is 22.7 Å². The number of aromatic amines is 1. The maximum atomic E-state index is 12.2. The molecule has 6 nitrogen and oxygen atoms in total. The molecule has 0 unspecified atom stereocenters. The van der Waals surface area contributed by atoms with Gasteiger partial charge in [0.15, 0.2) is 5.82 Å². The van der Waals surface area contributed by atoms with Crippen molar-refractivity contribution in [1.82, 2.24) is 10.2 Å². The molecule has 0 aliphatic rings. The van der Waals surface area contributed by atoms with Gasteiger partial charge in [0.05, 0.1) is 12.8 Å². The van der Waals surface area contributed by atoms with E-state index in [-0.39, 0.29) is 11.3 Å². The fourth-order valence-corrected chi connectivity index (χ4v) is 1.83. The second-order valence-electron chi connectivity index (χ2n) is 5.83. The molecular formula is C15H20N4O2. The normalized spacial score (nSPS) is 11.2. The van der Waals surface area contributed by atoms with Crippen molar-refractivity contribution in [3.63, 3.8) is 0 Å². The highest BCUT2D eigenvalue weighted by Crippen LogP contribution is 2.24. The van der Waals surface area contributed by atoms with Crippen molar-refractivity contribution >= 4 is 17.4 Å². The highest BCUT2D eigenvalue weighted by molar-refractivity contribution is 6.04. The molecule has 1 aromatic heterocycles. The van der Waals surface area contributed by atoms with Gasteiger partial charge in [0.1, 0.15) is 5.75 Å². The fourth-order valence-electron chi connectivity index (χ4n) is 1.83. The summed E-state index contributed by atoms with van der Waals surface area (Å²) in [5.74, 6) is 0.761. The average Bonchev–Trinajstić information content (AvgIpc) is 2.87. The van der Waals surface area contributed by atoms with Gasteiger partial charge in [-0.15, -0.1) is 0 Å². The van der Waals surface area contributed by atoms with Gasteiger partial charge in [-0.3, -0.25) is 9.89 Å². The summed E-state index contributed by atoms with van der Waals surface area (Å²) in [6, 6.07) is 6.72. The van der Waals surface area contributed by atoms with Gasteiger partial charge in [-0.2, -0.15) is 5.10 Å². The number of carbonyl (C=O) groups is 1. The van der Waals surface area contributed by atoms with E-state index < -0.39 is 0 Å². The Morgan fingerprint density at radius 2 is 2.05 bits per heavy atom. The number of hydrogen-bond donors (Lipinski definition) is 3. The summed E-state index contributed by atoms with van der Waals surface area (Å²) >= 11 is 0. The van der Waals surface area contributed by atoms with Crippen molar-refractivity contribution < 1.29 is 9.53 Å². The summed E-state index contributed by atoms with van der Waals surface area (Å²) in [7, 11) is 1.53. The predicted molar refractivity (Wildman–Crippen MR) is 82.6 cm³/mol. The molecule has 1 aromatic carbocycles. The van der Waals surface area contributed by atoms with Crippen LogP contribution in [-0.2, 0) is 5.41 Å². The molecule has 2 aromatic rings. The van der Waals surface area contributed by atoms with Crippen LogP contribution in [-0.4, -0.2) is 23.2 Å². The third-order valence-corrected chi connectivity index (χ3v) is 3.12. The number of carbonyl (C=O) groups excluding carboxylic acids is 1. The molecule has 0 spiro atoms. The Hall–Kier alpha value is -2.50. The molecule has 0 saturated carbocycles. The van der Waals surface area contributed by atoms with Gasteiger partial charge in [-0.25, -0.2) is 0 Å². The lowest BCUT2D eigenvalue weighted by molar-refractivity contribution is 0.102. The number of nitrogen functional groups attached to an aromatic ring is 1. The van der Waals surface area contributed by atoms with E-state index in [0.717, 1.165) is 5.69 Å². The van der Waals surface area contributed by atoms with Crippen molar-refractivity contribution in [3.8, 4) is 5.75 Å². The third kappa shape index (κ3) is 3.34. The zero-order valence-electron chi connectivity index (χ0n) is 12.7. The number of rotatable bonds is 3. The highest BCUT2D eigenvalue weighted by Gasteiger charge is 2.18. The van der Waals surface area contributed by atoms with E-state index in [2.05, 4.69) is 36.3 Å². The Morgan fingerprint density at radius 1 is 1.33 bits per heavy atom. The zero-order valence-corrected chi connectivity index (χ0v) is 12.7. The molecule has 112 valence electrons. The summed E-state index contributed by atoms with van der Waals surface area (Å²) < 4.78 is 5.06. The van der Waals surface area contributed by atoms with Crippen LogP contribution in [0.3, 0.4) is 0 Å². The topological polar surface area (TPSA) is 93.0 Å². The monoisotopic (exact) mass is 288 g/mol. The van der Waals surface area contributed by atoms with Crippen molar-refractivity contribution in [2.45, 2.75) is 26.2 Å². The van der Waals surface area contributed by atoms with Crippen LogP contribution in [0.25, 0.3) is 0 Å². The summed E-state index contributed by atoms with van der Waals surface area (Å²) in [4.78, 5) is 12.2. The average molecular weight is 288 g/mol. The minimum absolute atomic E-state index is 0.0550. The quantitative estimate of drug-likeness (QED) is 0.757. The van der Waals surface area contributed by atoms with Gasteiger partial charge in [0.25, 0.3) is 5.91 Å². The van der Waals surface area contributed by atoms with Gasteiger partial charge in [-0.1, -0.05) is 20.8 Å². The Bertz CT molecular complexity index is 656. The van der Waals surface area contributed by atoms with E-state index in [1.165, 1.54) is 7.11 Å². The number of H-pyrrole nitrogens is 1. The first-order chi connectivity index (χ1) is 9.81. The number of nitrogens with one attached hydrogen (secondary N) is 2. The molecule has 0 radical (unpaired) electrons. The van der Waals surface area contributed by atoms with E-state index in [1.54, 1.807) is 18.2 Å². The second-order valence-corrected chi connectivity index (χ2v) is 5.83. The van der Waals surface area contributed by atoms with Crippen molar-refractivity contribution in [1.29, 1.82) is 0 Å². The molecule has 6 heteroatoms. The molecular weight excluding hydrogens is 268 g/mol. The van der Waals surface area contributed by atoms with E-state index in [0.29, 0.717) is 22.8 Å². The molecule has 1 heterocycles. The highest BCUT2D eigenvalue weighted by atomic mass is 16.5. The number of anilines is 2. The van der Waals surface area contributed by atoms with Crippen LogP contribution in [0.15, 0.2) is 24.3 Å². The molecule has 4 N–H and O–H groups in total. The number of ether oxygens (including phenoxy) is 1. The SMILES string of the molecule is COc1ccc(C(=O)Nc2cc(C(C)(C)C)[nH]n2)cc1N. The molecule has 1 amide bonds. The third-order valence-electron chi connectivity index (χ3n) is 3.12. The largest absolute Gasteiger partial charge is 0.495 e. The lowest BCUT2D eigenvalue weighted by Gasteiger charge is -2.14. The minimum Gasteiger partial charge on any atom is -0.495 e. The number of nitrogens with two attached hydrogens (primary N) is 1. The fraction of sp³-hybridized carbons (Fsp3) is 0.333. The van der Waals surface area contributed by atoms with E-state index >= 15 is 0 Å².